The van der Waals surface area contributed by atoms with E-state index in [2.05, 4.69) is 10.5 Å². The van der Waals surface area contributed by atoms with Gasteiger partial charge in [-0.15, -0.1) is 0 Å². The molecule has 3 N–H and O–H groups in total. The number of hydrogen-bond donors (Lipinski definition) is 2. The van der Waals surface area contributed by atoms with E-state index in [1.807, 2.05) is 0 Å². The third-order valence-electron chi connectivity index (χ3n) is 3.32. The fraction of sp³-hybridized carbons (Fsp3) is 0.188. The predicted octanol–water partition coefficient (Wildman–Crippen LogP) is 1.81. The smallest absolute Gasteiger partial charge is 0.238 e. The highest BCUT2D eigenvalue weighted by Gasteiger charge is 2.10. The monoisotopic (exact) mass is 365 g/mol. The van der Waals surface area contributed by atoms with E-state index in [1.54, 1.807) is 30.5 Å². The average Bonchev–Trinajstić information content (AvgIpc) is 2.60. The van der Waals surface area contributed by atoms with Gasteiger partial charge in [0.25, 0.3) is 0 Å². The van der Waals surface area contributed by atoms with Crippen LogP contribution in [0.2, 0.25) is 0 Å². The van der Waals surface area contributed by atoms with Gasteiger partial charge in [-0.1, -0.05) is 0 Å². The van der Waals surface area contributed by atoms with Crippen molar-refractivity contribution in [2.75, 3.05) is 26.8 Å². The molecule has 2 aromatic rings. The summed E-state index contributed by atoms with van der Waals surface area (Å²) >= 11 is 0. The van der Waals surface area contributed by atoms with E-state index in [0.717, 1.165) is 0 Å². The fourth-order valence-corrected chi connectivity index (χ4v) is 2.56. The van der Waals surface area contributed by atoms with Crippen molar-refractivity contribution in [3.8, 4) is 17.2 Å². The van der Waals surface area contributed by atoms with Gasteiger partial charge in [0.05, 0.1) is 38.1 Å². The van der Waals surface area contributed by atoms with Gasteiger partial charge in [-0.05, 0) is 30.3 Å². The topological polar surface area (TPSA) is 112 Å². The Labute approximate surface area is 146 Å². The number of hydrogen-bond acceptors (Lipinski definition) is 7. The van der Waals surface area contributed by atoms with Crippen LogP contribution in [0.4, 0.5) is 5.69 Å². The van der Waals surface area contributed by atoms with Crippen LogP contribution in [-0.2, 0) is 10.0 Å². The number of nitrogens with zero attached hydrogens (tertiary/aromatic N) is 1. The summed E-state index contributed by atoms with van der Waals surface area (Å²) in [5.74, 6) is 1.65. The highest BCUT2D eigenvalue weighted by molar-refractivity contribution is 7.89. The molecular formula is C16H19N3O5S. The first-order valence-corrected chi connectivity index (χ1v) is 8.65. The van der Waals surface area contributed by atoms with E-state index in [9.17, 15) is 8.42 Å². The van der Waals surface area contributed by atoms with Crippen molar-refractivity contribution >= 4 is 21.9 Å². The summed E-state index contributed by atoms with van der Waals surface area (Å²) in [6, 6.07) is 9.33. The van der Waals surface area contributed by atoms with Gasteiger partial charge in [-0.2, -0.15) is 5.10 Å². The van der Waals surface area contributed by atoms with Crippen molar-refractivity contribution < 1.29 is 22.6 Å². The van der Waals surface area contributed by atoms with E-state index in [1.165, 1.54) is 33.5 Å². The quantitative estimate of drug-likeness (QED) is 0.572. The van der Waals surface area contributed by atoms with Crippen LogP contribution in [0.5, 0.6) is 17.2 Å². The molecule has 2 rings (SSSR count). The molecule has 0 aliphatic rings. The molecule has 134 valence electrons. The highest BCUT2D eigenvalue weighted by atomic mass is 32.2. The van der Waals surface area contributed by atoms with Crippen LogP contribution in [0.25, 0.3) is 0 Å². The molecule has 0 atom stereocenters. The Balaban J connectivity index is 2.19. The Bertz CT molecular complexity index is 864. The summed E-state index contributed by atoms with van der Waals surface area (Å²) in [5.41, 5.74) is 4.07. The zero-order chi connectivity index (χ0) is 18.4. The van der Waals surface area contributed by atoms with Crippen molar-refractivity contribution in [1.82, 2.24) is 0 Å². The van der Waals surface area contributed by atoms with Crippen LogP contribution in [0.15, 0.2) is 46.4 Å². The molecule has 0 amide bonds. The zero-order valence-corrected chi connectivity index (χ0v) is 14.8. The van der Waals surface area contributed by atoms with Gasteiger partial charge in [-0.3, -0.25) is 5.43 Å². The molecule has 0 bridgehead atoms. The van der Waals surface area contributed by atoms with Crippen LogP contribution >= 0.6 is 0 Å². The van der Waals surface area contributed by atoms with Gasteiger partial charge in [0.1, 0.15) is 5.75 Å². The maximum absolute atomic E-state index is 11.2. The minimum absolute atomic E-state index is 0.0311. The molecule has 9 heteroatoms. The second kappa shape index (κ2) is 7.86. The standard InChI is InChI=1S/C16H19N3O5S/c1-22-14-9-16(24-3)15(23-2)8-11(14)10-18-19-12-4-6-13(7-5-12)25(17,20)21/h4-10,19H,1-3H3,(H2,17,20,21). The Morgan fingerprint density at radius 1 is 0.960 bits per heavy atom. The number of nitrogens with one attached hydrogen (secondary N) is 1. The molecule has 0 saturated heterocycles. The molecule has 8 nitrogen and oxygen atoms in total. The van der Waals surface area contributed by atoms with Crippen LogP contribution in [-0.4, -0.2) is 36.0 Å². The maximum atomic E-state index is 11.2. The third kappa shape index (κ3) is 4.61. The molecule has 0 spiro atoms. The third-order valence-corrected chi connectivity index (χ3v) is 4.25. The molecule has 0 fully saturated rings. The lowest BCUT2D eigenvalue weighted by Crippen LogP contribution is -2.11. The minimum atomic E-state index is -3.71. The zero-order valence-electron chi connectivity index (χ0n) is 14.0. The van der Waals surface area contributed by atoms with Crippen molar-refractivity contribution in [3.63, 3.8) is 0 Å². The molecule has 0 aliphatic heterocycles. The van der Waals surface area contributed by atoms with Crippen LogP contribution in [0, 0.1) is 0 Å². The molecule has 0 heterocycles. The van der Waals surface area contributed by atoms with E-state index >= 15 is 0 Å². The number of sulfonamides is 1. The van der Waals surface area contributed by atoms with Crippen LogP contribution < -0.4 is 24.8 Å². The first-order chi connectivity index (χ1) is 11.9. The highest BCUT2D eigenvalue weighted by Crippen LogP contribution is 2.33. The number of methoxy groups -OCH3 is 3. The van der Waals surface area contributed by atoms with E-state index in [4.69, 9.17) is 19.3 Å². The van der Waals surface area contributed by atoms with Crippen LogP contribution in [0.3, 0.4) is 0 Å². The van der Waals surface area contributed by atoms with Gasteiger partial charge in [0.15, 0.2) is 11.5 Å². The molecule has 0 unspecified atom stereocenters. The summed E-state index contributed by atoms with van der Waals surface area (Å²) in [5, 5.41) is 9.16. The molecule has 25 heavy (non-hydrogen) atoms. The van der Waals surface area contributed by atoms with Gasteiger partial charge in [0, 0.05) is 11.6 Å². The van der Waals surface area contributed by atoms with Crippen molar-refractivity contribution in [1.29, 1.82) is 0 Å². The van der Waals surface area contributed by atoms with Crippen LogP contribution in [0.1, 0.15) is 5.56 Å². The number of primary sulfonamides is 1. The summed E-state index contributed by atoms with van der Waals surface area (Å²) in [4.78, 5) is 0.0311. The number of rotatable bonds is 7. The SMILES string of the molecule is COc1cc(OC)c(OC)cc1C=NNc1ccc(S(N)(=O)=O)cc1. The van der Waals surface area contributed by atoms with Gasteiger partial charge < -0.3 is 14.2 Å². The van der Waals surface area contributed by atoms with Crippen molar-refractivity contribution in [3.05, 3.63) is 42.0 Å². The number of benzene rings is 2. The van der Waals surface area contributed by atoms with Gasteiger partial charge >= 0.3 is 0 Å². The Morgan fingerprint density at radius 3 is 2.04 bits per heavy atom. The number of nitrogens with two attached hydrogens (primary N) is 1. The summed E-state index contributed by atoms with van der Waals surface area (Å²) < 4.78 is 38.2. The van der Waals surface area contributed by atoms with Gasteiger partial charge in [0.2, 0.25) is 10.0 Å². The van der Waals surface area contributed by atoms with E-state index in [0.29, 0.717) is 28.5 Å². The van der Waals surface area contributed by atoms with Crippen molar-refractivity contribution in [2.24, 2.45) is 10.2 Å². The molecule has 2 aromatic carbocycles. The number of ether oxygens (including phenoxy) is 3. The molecule has 0 saturated carbocycles. The lowest BCUT2D eigenvalue weighted by molar-refractivity contribution is 0.349. The molecule has 0 aromatic heterocycles. The largest absolute Gasteiger partial charge is 0.496 e. The van der Waals surface area contributed by atoms with E-state index in [-0.39, 0.29) is 4.90 Å². The van der Waals surface area contributed by atoms with E-state index < -0.39 is 10.0 Å². The lowest BCUT2D eigenvalue weighted by atomic mass is 10.2. The first-order valence-electron chi connectivity index (χ1n) is 7.11. The summed E-state index contributed by atoms with van der Waals surface area (Å²) in [6.45, 7) is 0. The Morgan fingerprint density at radius 2 is 1.52 bits per heavy atom. The molecule has 0 radical (unpaired) electrons. The Kier molecular flexibility index (Phi) is 5.84. The molecule has 0 aliphatic carbocycles. The fourth-order valence-electron chi connectivity index (χ4n) is 2.05. The maximum Gasteiger partial charge on any atom is 0.238 e. The normalized spacial score (nSPS) is 11.4. The first kappa shape index (κ1) is 18.6. The second-order valence-corrected chi connectivity index (χ2v) is 6.45. The minimum Gasteiger partial charge on any atom is -0.496 e. The Hall–Kier alpha value is -2.78. The predicted molar refractivity (Wildman–Crippen MR) is 95.1 cm³/mol. The summed E-state index contributed by atoms with van der Waals surface area (Å²) in [6.07, 6.45) is 1.55. The average molecular weight is 365 g/mol. The molecular weight excluding hydrogens is 346 g/mol. The summed E-state index contributed by atoms with van der Waals surface area (Å²) in [7, 11) is 0.903. The second-order valence-electron chi connectivity index (χ2n) is 4.89. The number of hydrazone groups is 1. The lowest BCUT2D eigenvalue weighted by Gasteiger charge is -2.11. The number of anilines is 1. The van der Waals surface area contributed by atoms with Gasteiger partial charge in [-0.25, -0.2) is 13.6 Å². The van der Waals surface area contributed by atoms with Crippen molar-refractivity contribution in [2.45, 2.75) is 4.90 Å².